The molecule has 4 nitrogen and oxygen atoms in total. The van der Waals surface area contributed by atoms with Crippen molar-refractivity contribution in [3.05, 3.63) is 35.9 Å². The Morgan fingerprint density at radius 1 is 1.15 bits per heavy atom. The van der Waals surface area contributed by atoms with E-state index < -0.39 is 0 Å². The van der Waals surface area contributed by atoms with Crippen LogP contribution in [0.5, 0.6) is 0 Å². The standard InChI is InChI=1S/C14H18N4S2/c1-9(2)10-4-6-11(7-5-10)20-13-8-12(18-15)16-14(17-13)19-3/h4-9H,15H2,1-3H3,(H,16,17,18). The van der Waals surface area contributed by atoms with Gasteiger partial charge in [-0.3, -0.25) is 0 Å². The first kappa shape index (κ1) is 15.2. The average Bonchev–Trinajstić information content (AvgIpc) is 2.47. The molecule has 1 aromatic carbocycles. The molecular weight excluding hydrogens is 288 g/mol. The summed E-state index contributed by atoms with van der Waals surface area (Å²) in [5.41, 5.74) is 3.91. The fraction of sp³-hybridized carbons (Fsp3) is 0.286. The van der Waals surface area contributed by atoms with Gasteiger partial charge in [-0.05, 0) is 29.9 Å². The molecule has 0 bridgehead atoms. The highest BCUT2D eigenvalue weighted by molar-refractivity contribution is 7.99. The smallest absolute Gasteiger partial charge is 0.190 e. The number of aromatic nitrogens is 2. The Labute approximate surface area is 127 Å². The maximum atomic E-state index is 5.43. The summed E-state index contributed by atoms with van der Waals surface area (Å²) < 4.78 is 0. The van der Waals surface area contributed by atoms with Crippen molar-refractivity contribution in [3.63, 3.8) is 0 Å². The van der Waals surface area contributed by atoms with Crippen LogP contribution in [0.15, 0.2) is 45.4 Å². The van der Waals surface area contributed by atoms with E-state index in [-0.39, 0.29) is 0 Å². The van der Waals surface area contributed by atoms with E-state index in [1.807, 2.05) is 12.3 Å². The molecule has 0 spiro atoms. The zero-order valence-electron chi connectivity index (χ0n) is 11.8. The molecule has 0 saturated heterocycles. The first-order valence-corrected chi connectivity index (χ1v) is 8.34. The molecule has 106 valence electrons. The minimum atomic E-state index is 0.546. The van der Waals surface area contributed by atoms with Gasteiger partial charge in [0.1, 0.15) is 10.8 Å². The van der Waals surface area contributed by atoms with Gasteiger partial charge >= 0.3 is 0 Å². The van der Waals surface area contributed by atoms with Crippen LogP contribution in [0.1, 0.15) is 25.3 Å². The second-order valence-corrected chi connectivity index (χ2v) is 6.42. The van der Waals surface area contributed by atoms with Crippen LogP contribution in [0, 0.1) is 0 Å². The van der Waals surface area contributed by atoms with E-state index >= 15 is 0 Å². The fourth-order valence-electron chi connectivity index (χ4n) is 1.66. The molecule has 2 rings (SSSR count). The van der Waals surface area contributed by atoms with Crippen molar-refractivity contribution in [2.24, 2.45) is 5.84 Å². The number of anilines is 1. The zero-order chi connectivity index (χ0) is 14.5. The van der Waals surface area contributed by atoms with Gasteiger partial charge in [-0.25, -0.2) is 15.8 Å². The van der Waals surface area contributed by atoms with Crippen molar-refractivity contribution >= 4 is 29.3 Å². The molecule has 3 N–H and O–H groups in total. The molecule has 0 amide bonds. The number of nitrogens with two attached hydrogens (primary N) is 1. The Hall–Kier alpha value is -1.24. The Balaban J connectivity index is 2.20. The quantitative estimate of drug-likeness (QED) is 0.288. The highest BCUT2D eigenvalue weighted by Gasteiger charge is 2.06. The number of thioether (sulfide) groups is 1. The zero-order valence-corrected chi connectivity index (χ0v) is 13.4. The largest absolute Gasteiger partial charge is 0.308 e. The minimum Gasteiger partial charge on any atom is -0.308 e. The Morgan fingerprint density at radius 2 is 1.85 bits per heavy atom. The van der Waals surface area contributed by atoms with Gasteiger partial charge in [0.2, 0.25) is 0 Å². The summed E-state index contributed by atoms with van der Waals surface area (Å²) in [7, 11) is 0. The lowest BCUT2D eigenvalue weighted by atomic mass is 10.0. The highest BCUT2D eigenvalue weighted by atomic mass is 32.2. The van der Waals surface area contributed by atoms with Crippen molar-refractivity contribution < 1.29 is 0 Å². The molecule has 1 heterocycles. The minimum absolute atomic E-state index is 0.546. The molecule has 0 radical (unpaired) electrons. The third kappa shape index (κ3) is 3.88. The normalized spacial score (nSPS) is 10.8. The first-order valence-electron chi connectivity index (χ1n) is 6.30. The molecule has 1 aromatic heterocycles. The average molecular weight is 306 g/mol. The van der Waals surface area contributed by atoms with Gasteiger partial charge in [0.05, 0.1) is 0 Å². The van der Waals surface area contributed by atoms with Crippen molar-refractivity contribution in [2.75, 3.05) is 11.7 Å². The van der Waals surface area contributed by atoms with E-state index in [1.165, 1.54) is 17.3 Å². The number of hydrazine groups is 1. The van der Waals surface area contributed by atoms with Crippen LogP contribution in [0.4, 0.5) is 5.82 Å². The van der Waals surface area contributed by atoms with E-state index in [4.69, 9.17) is 5.84 Å². The van der Waals surface area contributed by atoms with Crippen molar-refractivity contribution in [2.45, 2.75) is 34.8 Å². The Bertz CT molecular complexity index is 548. The maximum Gasteiger partial charge on any atom is 0.190 e. The monoisotopic (exact) mass is 306 g/mol. The number of benzene rings is 1. The predicted octanol–water partition coefficient (Wildman–Crippen LogP) is 3.76. The van der Waals surface area contributed by atoms with Crippen molar-refractivity contribution in [1.29, 1.82) is 0 Å². The summed E-state index contributed by atoms with van der Waals surface area (Å²) >= 11 is 3.11. The van der Waals surface area contributed by atoms with Crippen LogP contribution >= 0.6 is 23.5 Å². The molecule has 6 heteroatoms. The van der Waals surface area contributed by atoms with Crippen LogP contribution in [0.25, 0.3) is 0 Å². The predicted molar refractivity (Wildman–Crippen MR) is 86.3 cm³/mol. The number of nitrogens with one attached hydrogen (secondary N) is 1. The third-order valence-electron chi connectivity index (χ3n) is 2.78. The highest BCUT2D eigenvalue weighted by Crippen LogP contribution is 2.29. The van der Waals surface area contributed by atoms with E-state index in [1.54, 1.807) is 11.8 Å². The summed E-state index contributed by atoms with van der Waals surface area (Å²) in [6.07, 6.45) is 1.95. The molecular formula is C14H18N4S2. The summed E-state index contributed by atoms with van der Waals surface area (Å²) in [5.74, 6) is 6.61. The van der Waals surface area contributed by atoms with E-state index in [9.17, 15) is 0 Å². The molecule has 0 aliphatic rings. The topological polar surface area (TPSA) is 63.8 Å². The summed E-state index contributed by atoms with van der Waals surface area (Å²) in [4.78, 5) is 9.88. The number of rotatable bonds is 5. The Kier molecular flexibility index (Phi) is 5.28. The second-order valence-electron chi connectivity index (χ2n) is 4.55. The van der Waals surface area contributed by atoms with E-state index in [0.29, 0.717) is 16.9 Å². The summed E-state index contributed by atoms with van der Waals surface area (Å²) in [6, 6.07) is 10.4. The van der Waals surface area contributed by atoms with Gasteiger partial charge in [-0.1, -0.05) is 49.5 Å². The van der Waals surface area contributed by atoms with Crippen LogP contribution in [-0.2, 0) is 0 Å². The lowest BCUT2D eigenvalue weighted by Gasteiger charge is -2.08. The van der Waals surface area contributed by atoms with Gasteiger partial charge in [-0.15, -0.1) is 0 Å². The number of hydrogen-bond donors (Lipinski definition) is 2. The van der Waals surface area contributed by atoms with Crippen LogP contribution in [-0.4, -0.2) is 16.2 Å². The van der Waals surface area contributed by atoms with E-state index in [2.05, 4.69) is 53.5 Å². The summed E-state index contributed by atoms with van der Waals surface area (Å²) in [6.45, 7) is 4.38. The van der Waals surface area contributed by atoms with Crippen molar-refractivity contribution in [3.8, 4) is 0 Å². The molecule has 0 aliphatic carbocycles. The number of nitrogen functional groups attached to an aromatic ring is 1. The van der Waals surface area contributed by atoms with Crippen LogP contribution in [0.3, 0.4) is 0 Å². The fourth-order valence-corrected chi connectivity index (χ4v) is 2.92. The molecule has 0 atom stereocenters. The molecule has 20 heavy (non-hydrogen) atoms. The van der Waals surface area contributed by atoms with Crippen LogP contribution < -0.4 is 11.3 Å². The van der Waals surface area contributed by atoms with Gasteiger partial charge in [0.25, 0.3) is 0 Å². The van der Waals surface area contributed by atoms with Gasteiger partial charge in [-0.2, -0.15) is 0 Å². The molecule has 0 saturated carbocycles. The van der Waals surface area contributed by atoms with Gasteiger partial charge in [0, 0.05) is 11.0 Å². The number of hydrogen-bond acceptors (Lipinski definition) is 6. The van der Waals surface area contributed by atoms with E-state index in [0.717, 1.165) is 9.92 Å². The van der Waals surface area contributed by atoms with Crippen LogP contribution in [0.2, 0.25) is 0 Å². The number of nitrogens with zero attached hydrogens (tertiary/aromatic N) is 2. The molecule has 0 aliphatic heterocycles. The summed E-state index contributed by atoms with van der Waals surface area (Å²) in [5, 5.41) is 1.59. The Morgan fingerprint density at radius 3 is 2.40 bits per heavy atom. The van der Waals surface area contributed by atoms with Gasteiger partial charge < -0.3 is 5.43 Å². The lowest BCUT2D eigenvalue weighted by Crippen LogP contribution is -2.09. The first-order chi connectivity index (χ1) is 9.62. The SMILES string of the molecule is CSc1nc(NN)cc(Sc2ccc(C(C)C)cc2)n1. The third-order valence-corrected chi connectivity index (χ3v) is 4.26. The lowest BCUT2D eigenvalue weighted by molar-refractivity contribution is 0.864. The second kappa shape index (κ2) is 6.97. The molecule has 0 fully saturated rings. The molecule has 2 aromatic rings. The maximum absolute atomic E-state index is 5.43. The molecule has 0 unspecified atom stereocenters. The van der Waals surface area contributed by atoms with Crippen molar-refractivity contribution in [1.82, 2.24) is 9.97 Å². The van der Waals surface area contributed by atoms with Gasteiger partial charge in [0.15, 0.2) is 5.16 Å².